The van der Waals surface area contributed by atoms with E-state index in [1.807, 2.05) is 37.3 Å². The average Bonchev–Trinajstić information content (AvgIpc) is 3.07. The van der Waals surface area contributed by atoms with Gasteiger partial charge in [0.1, 0.15) is 12.3 Å². The quantitative estimate of drug-likeness (QED) is 0.225. The summed E-state index contributed by atoms with van der Waals surface area (Å²) in [6.45, 7) is 2.44. The molecule has 0 radical (unpaired) electrons. The Morgan fingerprint density at radius 2 is 1.76 bits per heavy atom. The summed E-state index contributed by atoms with van der Waals surface area (Å²) in [6.07, 6.45) is 1.62. The van der Waals surface area contributed by atoms with E-state index >= 15 is 0 Å². The number of benzene rings is 3. The van der Waals surface area contributed by atoms with E-state index in [4.69, 9.17) is 21.1 Å². The van der Waals surface area contributed by atoms with Gasteiger partial charge in [-0.2, -0.15) is 0 Å². The number of methoxy groups -OCH3 is 1. The van der Waals surface area contributed by atoms with Gasteiger partial charge in [-0.05, 0) is 83.1 Å². The minimum atomic E-state index is -0.520. The molecule has 6 nitrogen and oxygen atoms in total. The molecule has 168 valence electrons. The van der Waals surface area contributed by atoms with E-state index < -0.39 is 11.9 Å². The predicted octanol–water partition coefficient (Wildman–Crippen LogP) is 5.94. The summed E-state index contributed by atoms with van der Waals surface area (Å²) in [5.74, 6) is 0.702. The fraction of sp³-hybridized carbons (Fsp3) is 0.120. The van der Waals surface area contributed by atoms with Crippen molar-refractivity contribution < 1.29 is 19.1 Å². The first-order chi connectivity index (χ1) is 15.9. The zero-order chi connectivity index (χ0) is 23.5. The number of imide groups is 1. The lowest BCUT2D eigenvalue weighted by Crippen LogP contribution is -2.30. The van der Waals surface area contributed by atoms with Crippen LogP contribution in [0.25, 0.3) is 6.08 Å². The second-order valence-electron chi connectivity index (χ2n) is 7.41. The van der Waals surface area contributed by atoms with Crippen LogP contribution < -0.4 is 19.7 Å². The Hall–Kier alpha value is -3.04. The van der Waals surface area contributed by atoms with E-state index in [-0.39, 0.29) is 5.70 Å². The standard InChI is InChI=1S/C25H20ClIN2O4/c1-15-3-5-16(6-4-15)14-33-23-20(27)11-17(13-22(23)32-2)12-21-24(30)29(25(31)28-21)19-9-7-18(26)8-10-19/h3-13H,14H2,1-2H3,(H,28,31)/b21-12+. The summed E-state index contributed by atoms with van der Waals surface area (Å²) in [7, 11) is 1.56. The van der Waals surface area contributed by atoms with Crippen molar-refractivity contribution in [1.82, 2.24) is 5.32 Å². The molecule has 0 aromatic heterocycles. The number of amides is 3. The van der Waals surface area contributed by atoms with Crippen LogP contribution in [-0.2, 0) is 11.4 Å². The minimum Gasteiger partial charge on any atom is -0.493 e. The third-order valence-corrected chi connectivity index (χ3v) is 6.08. The van der Waals surface area contributed by atoms with Crippen molar-refractivity contribution >= 4 is 57.9 Å². The Bertz CT molecular complexity index is 1240. The molecule has 3 amide bonds. The summed E-state index contributed by atoms with van der Waals surface area (Å²) < 4.78 is 12.4. The van der Waals surface area contributed by atoms with Crippen LogP contribution in [0, 0.1) is 10.5 Å². The molecule has 0 unspecified atom stereocenters. The molecule has 1 saturated heterocycles. The molecule has 1 aliphatic rings. The number of halogens is 2. The van der Waals surface area contributed by atoms with E-state index in [1.165, 1.54) is 5.56 Å². The van der Waals surface area contributed by atoms with Gasteiger partial charge >= 0.3 is 6.03 Å². The van der Waals surface area contributed by atoms with Crippen LogP contribution in [0.4, 0.5) is 10.5 Å². The van der Waals surface area contributed by atoms with Crippen molar-refractivity contribution in [1.29, 1.82) is 0 Å². The molecule has 0 aliphatic carbocycles. The van der Waals surface area contributed by atoms with Gasteiger partial charge in [-0.25, -0.2) is 9.69 Å². The Labute approximate surface area is 210 Å². The monoisotopic (exact) mass is 574 g/mol. The van der Waals surface area contributed by atoms with E-state index in [0.29, 0.717) is 34.4 Å². The zero-order valence-corrected chi connectivity index (χ0v) is 20.8. The van der Waals surface area contributed by atoms with E-state index in [2.05, 4.69) is 27.9 Å². The van der Waals surface area contributed by atoms with E-state index in [9.17, 15) is 9.59 Å². The van der Waals surface area contributed by atoms with Crippen LogP contribution in [0.2, 0.25) is 5.02 Å². The number of anilines is 1. The van der Waals surface area contributed by atoms with Crippen LogP contribution in [0.5, 0.6) is 11.5 Å². The molecular formula is C25H20ClIN2O4. The highest BCUT2D eigenvalue weighted by Crippen LogP contribution is 2.35. The summed E-state index contributed by atoms with van der Waals surface area (Å²) in [5, 5.41) is 3.15. The number of rotatable bonds is 6. The molecule has 0 saturated carbocycles. The number of carbonyl (C=O) groups is 2. The molecular weight excluding hydrogens is 555 g/mol. The van der Waals surface area contributed by atoms with Crippen LogP contribution in [-0.4, -0.2) is 19.0 Å². The van der Waals surface area contributed by atoms with Crippen molar-refractivity contribution in [3.8, 4) is 11.5 Å². The maximum absolute atomic E-state index is 12.9. The smallest absolute Gasteiger partial charge is 0.333 e. The van der Waals surface area contributed by atoms with Crippen LogP contribution in [0.15, 0.2) is 66.4 Å². The second kappa shape index (κ2) is 9.84. The molecule has 3 aromatic carbocycles. The Balaban J connectivity index is 1.57. The molecule has 0 atom stereocenters. The molecule has 8 heteroatoms. The zero-order valence-electron chi connectivity index (χ0n) is 17.9. The SMILES string of the molecule is COc1cc(/C=C2/NC(=O)N(c3ccc(Cl)cc3)C2=O)cc(I)c1OCc1ccc(C)cc1. The first-order valence-electron chi connectivity index (χ1n) is 10.0. The fourth-order valence-electron chi connectivity index (χ4n) is 3.33. The van der Waals surface area contributed by atoms with Crippen LogP contribution in [0.3, 0.4) is 0 Å². The molecule has 1 fully saturated rings. The second-order valence-corrected chi connectivity index (χ2v) is 9.01. The number of carbonyl (C=O) groups excluding carboxylic acids is 2. The third kappa shape index (κ3) is 5.15. The van der Waals surface area contributed by atoms with Gasteiger partial charge in [0, 0.05) is 5.02 Å². The van der Waals surface area contributed by atoms with Crippen molar-refractivity contribution in [3.63, 3.8) is 0 Å². The van der Waals surface area contributed by atoms with Gasteiger partial charge in [-0.1, -0.05) is 41.4 Å². The summed E-state index contributed by atoms with van der Waals surface area (Å²) in [4.78, 5) is 26.4. The molecule has 1 N–H and O–H groups in total. The largest absolute Gasteiger partial charge is 0.493 e. The first-order valence-corrected chi connectivity index (χ1v) is 11.5. The lowest BCUT2D eigenvalue weighted by Gasteiger charge is -2.14. The molecule has 3 aromatic rings. The van der Waals surface area contributed by atoms with E-state index in [1.54, 1.807) is 43.5 Å². The van der Waals surface area contributed by atoms with Gasteiger partial charge in [0.25, 0.3) is 5.91 Å². The Morgan fingerprint density at radius 3 is 2.42 bits per heavy atom. The average molecular weight is 575 g/mol. The van der Waals surface area contributed by atoms with E-state index in [0.717, 1.165) is 14.0 Å². The summed E-state index contributed by atoms with van der Waals surface area (Å²) in [5.41, 5.74) is 3.54. The van der Waals surface area contributed by atoms with Gasteiger partial charge in [-0.15, -0.1) is 0 Å². The number of aryl methyl sites for hydroxylation is 1. The Morgan fingerprint density at radius 1 is 1.06 bits per heavy atom. The molecule has 33 heavy (non-hydrogen) atoms. The minimum absolute atomic E-state index is 0.168. The molecule has 1 heterocycles. The topological polar surface area (TPSA) is 67.9 Å². The Kier molecular flexibility index (Phi) is 6.90. The highest BCUT2D eigenvalue weighted by Gasteiger charge is 2.34. The highest BCUT2D eigenvalue weighted by molar-refractivity contribution is 14.1. The molecule has 1 aliphatic heterocycles. The lowest BCUT2D eigenvalue weighted by molar-refractivity contribution is -0.113. The maximum Gasteiger partial charge on any atom is 0.333 e. The molecule has 0 bridgehead atoms. The number of nitrogens with one attached hydrogen (secondary N) is 1. The van der Waals surface area contributed by atoms with Crippen molar-refractivity contribution in [2.45, 2.75) is 13.5 Å². The predicted molar refractivity (Wildman–Crippen MR) is 137 cm³/mol. The highest BCUT2D eigenvalue weighted by atomic mass is 127. The number of hydrogen-bond acceptors (Lipinski definition) is 4. The molecule has 4 rings (SSSR count). The number of ether oxygens (including phenoxy) is 2. The summed E-state index contributed by atoms with van der Waals surface area (Å²) in [6, 6.07) is 17.7. The summed E-state index contributed by atoms with van der Waals surface area (Å²) >= 11 is 8.07. The lowest BCUT2D eigenvalue weighted by atomic mass is 10.1. The van der Waals surface area contributed by atoms with Gasteiger partial charge in [-0.3, -0.25) is 4.79 Å². The fourth-order valence-corrected chi connectivity index (χ4v) is 4.24. The van der Waals surface area contributed by atoms with Crippen molar-refractivity contribution in [2.24, 2.45) is 0 Å². The van der Waals surface area contributed by atoms with Crippen molar-refractivity contribution in [2.75, 3.05) is 12.0 Å². The van der Waals surface area contributed by atoms with Gasteiger partial charge in [0.2, 0.25) is 0 Å². The number of nitrogens with zero attached hydrogens (tertiary/aromatic N) is 1. The van der Waals surface area contributed by atoms with Crippen molar-refractivity contribution in [3.05, 3.63) is 91.6 Å². The normalized spacial score (nSPS) is 14.5. The first kappa shape index (κ1) is 23.1. The van der Waals surface area contributed by atoms with Crippen LogP contribution in [0.1, 0.15) is 16.7 Å². The number of hydrogen-bond donors (Lipinski definition) is 1. The van der Waals surface area contributed by atoms with Gasteiger partial charge < -0.3 is 14.8 Å². The number of urea groups is 1. The van der Waals surface area contributed by atoms with Gasteiger partial charge in [0.15, 0.2) is 11.5 Å². The van der Waals surface area contributed by atoms with Crippen LogP contribution >= 0.6 is 34.2 Å². The maximum atomic E-state index is 12.9. The third-order valence-electron chi connectivity index (χ3n) is 5.03. The molecule has 0 spiro atoms. The van der Waals surface area contributed by atoms with Gasteiger partial charge in [0.05, 0.1) is 16.4 Å².